The number of amides is 4. The van der Waals surface area contributed by atoms with E-state index in [2.05, 4.69) is 10.6 Å². The Hall–Kier alpha value is -2.69. The van der Waals surface area contributed by atoms with Crippen molar-refractivity contribution in [2.24, 2.45) is 23.3 Å². The van der Waals surface area contributed by atoms with Crippen molar-refractivity contribution in [3.63, 3.8) is 0 Å². The first kappa shape index (κ1) is 27.3. The van der Waals surface area contributed by atoms with Crippen LogP contribution in [0.25, 0.3) is 0 Å². The molecule has 5 atom stereocenters. The molecule has 11 heteroatoms. The molecule has 0 aromatic carbocycles. The molecule has 1 aliphatic heterocycles. The molecule has 0 radical (unpaired) electrons. The van der Waals surface area contributed by atoms with Crippen LogP contribution in [0.15, 0.2) is 0 Å². The van der Waals surface area contributed by atoms with Crippen molar-refractivity contribution < 1.29 is 29.1 Å². The number of nitrogens with one attached hydrogen (secondary N) is 2. The third kappa shape index (κ3) is 7.77. The number of likely N-dealkylation sites (tertiary alicyclic amines) is 1. The minimum Gasteiger partial charge on any atom is -0.480 e. The monoisotopic (exact) mass is 455 g/mol. The Labute approximate surface area is 188 Å². The predicted octanol–water partition coefficient (Wildman–Crippen LogP) is -0.673. The fourth-order valence-corrected chi connectivity index (χ4v) is 3.64. The Kier molecular flexibility index (Phi) is 10.6. The van der Waals surface area contributed by atoms with Crippen LogP contribution in [-0.2, 0) is 24.0 Å². The lowest BCUT2D eigenvalue weighted by atomic mass is 9.98. The van der Waals surface area contributed by atoms with Gasteiger partial charge in [0.25, 0.3) is 0 Å². The van der Waals surface area contributed by atoms with Crippen LogP contribution in [0.3, 0.4) is 0 Å². The van der Waals surface area contributed by atoms with E-state index in [1.807, 2.05) is 20.8 Å². The number of carbonyl (C=O) groups is 5. The van der Waals surface area contributed by atoms with Gasteiger partial charge >= 0.3 is 5.97 Å². The fourth-order valence-electron chi connectivity index (χ4n) is 3.64. The number of carboxylic acids is 1. The van der Waals surface area contributed by atoms with Crippen molar-refractivity contribution in [2.75, 3.05) is 6.54 Å². The van der Waals surface area contributed by atoms with Crippen LogP contribution in [-0.4, -0.2) is 70.3 Å². The summed E-state index contributed by atoms with van der Waals surface area (Å²) in [5.74, 6) is -3.89. The van der Waals surface area contributed by atoms with Gasteiger partial charge in [-0.2, -0.15) is 0 Å². The quantitative estimate of drug-likeness (QED) is 0.258. The summed E-state index contributed by atoms with van der Waals surface area (Å²) in [5, 5.41) is 14.4. The first-order chi connectivity index (χ1) is 14.9. The van der Waals surface area contributed by atoms with Gasteiger partial charge in [-0.15, -0.1) is 0 Å². The van der Waals surface area contributed by atoms with Gasteiger partial charge in [-0.05, 0) is 31.1 Å². The van der Waals surface area contributed by atoms with E-state index in [1.54, 1.807) is 6.92 Å². The molecule has 11 nitrogen and oxygen atoms in total. The average molecular weight is 456 g/mol. The molecule has 32 heavy (non-hydrogen) atoms. The van der Waals surface area contributed by atoms with Crippen molar-refractivity contribution in [1.29, 1.82) is 0 Å². The Morgan fingerprint density at radius 2 is 1.66 bits per heavy atom. The number of carbonyl (C=O) groups excluding carboxylic acids is 4. The smallest absolute Gasteiger partial charge is 0.326 e. The third-order valence-corrected chi connectivity index (χ3v) is 5.74. The first-order valence-electron chi connectivity index (χ1n) is 11.1. The summed E-state index contributed by atoms with van der Waals surface area (Å²) in [5.41, 5.74) is 11.2. The highest BCUT2D eigenvalue weighted by atomic mass is 16.4. The largest absolute Gasteiger partial charge is 0.480 e. The number of aliphatic carboxylic acids is 1. The highest BCUT2D eigenvalue weighted by Gasteiger charge is 2.38. The molecular weight excluding hydrogens is 418 g/mol. The number of nitrogens with zero attached hydrogens (tertiary/aromatic N) is 1. The minimum absolute atomic E-state index is 0.0122. The second-order valence-corrected chi connectivity index (χ2v) is 8.86. The zero-order valence-corrected chi connectivity index (χ0v) is 19.3. The standard InChI is InChI=1S/C21H37N5O6/c1-5-12(4)17(23)19(29)24-13(10-16(22)27)18(28)25-14(9-11(2)3)20(30)26-8-6-7-15(26)21(31)32/h11-15,17H,5-10,23H2,1-4H3,(H2,22,27)(H,24,29)(H,25,28)(H,31,32). The number of rotatable bonds is 12. The van der Waals surface area contributed by atoms with Gasteiger partial charge in [-0.1, -0.05) is 34.1 Å². The van der Waals surface area contributed by atoms with Gasteiger partial charge in [-0.3, -0.25) is 19.2 Å². The molecule has 5 unspecified atom stereocenters. The van der Waals surface area contributed by atoms with Crippen molar-refractivity contribution in [3.05, 3.63) is 0 Å². The number of carboxylic acid groups (broad SMARTS) is 1. The van der Waals surface area contributed by atoms with Crippen LogP contribution in [0.2, 0.25) is 0 Å². The maximum atomic E-state index is 13.1. The molecule has 182 valence electrons. The Bertz CT molecular complexity index is 713. The normalized spacial score (nSPS) is 19.7. The molecule has 1 saturated heterocycles. The average Bonchev–Trinajstić information content (AvgIpc) is 3.20. The Morgan fingerprint density at radius 3 is 2.16 bits per heavy atom. The molecule has 0 aromatic heterocycles. The second-order valence-electron chi connectivity index (χ2n) is 8.86. The van der Waals surface area contributed by atoms with Crippen molar-refractivity contribution in [1.82, 2.24) is 15.5 Å². The molecule has 0 bridgehead atoms. The van der Waals surface area contributed by atoms with Crippen molar-refractivity contribution >= 4 is 29.6 Å². The van der Waals surface area contributed by atoms with E-state index in [1.165, 1.54) is 4.90 Å². The number of hydrogen-bond acceptors (Lipinski definition) is 6. The molecule has 1 heterocycles. The maximum Gasteiger partial charge on any atom is 0.326 e. The van der Waals surface area contributed by atoms with E-state index >= 15 is 0 Å². The molecular formula is C21H37N5O6. The van der Waals surface area contributed by atoms with E-state index in [0.29, 0.717) is 19.3 Å². The van der Waals surface area contributed by atoms with Crippen LogP contribution < -0.4 is 22.1 Å². The molecule has 0 saturated carbocycles. The maximum absolute atomic E-state index is 13.1. The highest BCUT2D eigenvalue weighted by Crippen LogP contribution is 2.20. The number of primary amides is 1. The lowest BCUT2D eigenvalue weighted by molar-refractivity contribution is -0.149. The predicted molar refractivity (Wildman–Crippen MR) is 117 cm³/mol. The van der Waals surface area contributed by atoms with Crippen molar-refractivity contribution in [2.45, 2.75) is 84.0 Å². The Balaban J connectivity index is 3.02. The van der Waals surface area contributed by atoms with E-state index in [0.717, 1.165) is 0 Å². The van der Waals surface area contributed by atoms with Crippen LogP contribution in [0.1, 0.15) is 59.8 Å². The lowest BCUT2D eigenvalue weighted by Gasteiger charge is -2.29. The van der Waals surface area contributed by atoms with Crippen LogP contribution in [0.5, 0.6) is 0 Å². The lowest BCUT2D eigenvalue weighted by Crippen LogP contribution is -2.58. The zero-order valence-electron chi connectivity index (χ0n) is 19.3. The topological polar surface area (TPSA) is 185 Å². The molecule has 1 rings (SSSR count). The summed E-state index contributed by atoms with van der Waals surface area (Å²) in [6, 6.07) is -4.12. The van der Waals surface area contributed by atoms with E-state index < -0.39 is 60.2 Å². The van der Waals surface area contributed by atoms with Gasteiger partial charge in [0.15, 0.2) is 0 Å². The summed E-state index contributed by atoms with van der Waals surface area (Å²) in [7, 11) is 0. The highest BCUT2D eigenvalue weighted by molar-refractivity contribution is 5.96. The fraction of sp³-hybridized carbons (Fsp3) is 0.762. The van der Waals surface area contributed by atoms with Gasteiger partial charge in [0.1, 0.15) is 18.1 Å². The van der Waals surface area contributed by atoms with E-state index in [-0.39, 0.29) is 24.8 Å². The van der Waals surface area contributed by atoms with Gasteiger partial charge in [0, 0.05) is 6.54 Å². The first-order valence-corrected chi connectivity index (χ1v) is 11.1. The van der Waals surface area contributed by atoms with E-state index in [4.69, 9.17) is 11.5 Å². The van der Waals surface area contributed by atoms with Crippen molar-refractivity contribution in [3.8, 4) is 0 Å². The summed E-state index contributed by atoms with van der Waals surface area (Å²) in [6.45, 7) is 7.67. The van der Waals surface area contributed by atoms with Crippen LogP contribution in [0.4, 0.5) is 0 Å². The van der Waals surface area contributed by atoms with E-state index in [9.17, 15) is 29.1 Å². The summed E-state index contributed by atoms with van der Waals surface area (Å²) in [6.07, 6.45) is 1.34. The summed E-state index contributed by atoms with van der Waals surface area (Å²) < 4.78 is 0. The molecule has 1 fully saturated rings. The minimum atomic E-state index is -1.30. The second kappa shape index (κ2) is 12.4. The molecule has 4 amide bonds. The molecule has 0 aliphatic carbocycles. The summed E-state index contributed by atoms with van der Waals surface area (Å²) in [4.78, 5) is 62.7. The van der Waals surface area contributed by atoms with Gasteiger partial charge < -0.3 is 32.1 Å². The van der Waals surface area contributed by atoms with Gasteiger partial charge in [0.05, 0.1) is 12.5 Å². The SMILES string of the molecule is CCC(C)C(N)C(=O)NC(CC(N)=O)C(=O)NC(CC(C)C)C(=O)N1CCCC1C(=O)O. The van der Waals surface area contributed by atoms with Crippen LogP contribution >= 0.6 is 0 Å². The van der Waals surface area contributed by atoms with Gasteiger partial charge in [0.2, 0.25) is 23.6 Å². The van der Waals surface area contributed by atoms with Crippen LogP contribution in [0, 0.1) is 11.8 Å². The third-order valence-electron chi connectivity index (χ3n) is 5.74. The molecule has 0 spiro atoms. The summed E-state index contributed by atoms with van der Waals surface area (Å²) >= 11 is 0. The molecule has 0 aromatic rings. The number of nitrogens with two attached hydrogens (primary N) is 2. The molecule has 1 aliphatic rings. The Morgan fingerprint density at radius 1 is 1.06 bits per heavy atom. The molecule has 7 N–H and O–H groups in total. The number of hydrogen-bond donors (Lipinski definition) is 5. The zero-order chi connectivity index (χ0) is 24.6. The van der Waals surface area contributed by atoms with Gasteiger partial charge in [-0.25, -0.2) is 4.79 Å².